The minimum Gasteiger partial charge on any atom is -0.342 e. The predicted octanol–water partition coefficient (Wildman–Crippen LogP) is 4.61. The van der Waals surface area contributed by atoms with Crippen molar-refractivity contribution in [3.63, 3.8) is 0 Å². The van der Waals surface area contributed by atoms with E-state index in [1.807, 2.05) is 41.3 Å². The van der Waals surface area contributed by atoms with E-state index in [1.165, 1.54) is 0 Å². The van der Waals surface area contributed by atoms with Gasteiger partial charge in [-0.3, -0.25) is 9.78 Å². The van der Waals surface area contributed by atoms with E-state index in [1.54, 1.807) is 24.7 Å². The van der Waals surface area contributed by atoms with E-state index < -0.39 is 0 Å². The molecular formula is C23H24ClN5O. The number of amides is 1. The number of piperidine rings is 1. The molecule has 1 N–H and O–H groups in total. The van der Waals surface area contributed by atoms with Crippen molar-refractivity contribution in [3.8, 4) is 0 Å². The topological polar surface area (TPSA) is 71.0 Å². The Balaban J connectivity index is 1.33. The van der Waals surface area contributed by atoms with Crippen LogP contribution in [0.4, 0.5) is 11.6 Å². The van der Waals surface area contributed by atoms with Crippen LogP contribution in [0.2, 0.25) is 5.02 Å². The Morgan fingerprint density at radius 3 is 2.77 bits per heavy atom. The summed E-state index contributed by atoms with van der Waals surface area (Å²) in [5.74, 6) is 0.997. The lowest BCUT2D eigenvalue weighted by molar-refractivity contribution is -0.132. The molecule has 3 aromatic rings. The van der Waals surface area contributed by atoms with E-state index in [2.05, 4.69) is 20.3 Å². The molecule has 1 amide bonds. The van der Waals surface area contributed by atoms with Crippen LogP contribution in [-0.4, -0.2) is 38.8 Å². The minimum absolute atomic E-state index is 0.194. The van der Waals surface area contributed by atoms with Gasteiger partial charge < -0.3 is 10.2 Å². The summed E-state index contributed by atoms with van der Waals surface area (Å²) in [7, 11) is 0. The molecule has 1 aliphatic heterocycles. The molecule has 0 bridgehead atoms. The van der Waals surface area contributed by atoms with Gasteiger partial charge in [-0.15, -0.1) is 0 Å². The van der Waals surface area contributed by atoms with Crippen molar-refractivity contribution >= 4 is 29.1 Å². The molecule has 4 rings (SSSR count). The number of halogens is 1. The van der Waals surface area contributed by atoms with Crippen LogP contribution in [0.15, 0.2) is 61.1 Å². The maximum atomic E-state index is 12.7. The van der Waals surface area contributed by atoms with Crippen molar-refractivity contribution in [2.24, 2.45) is 0 Å². The molecule has 1 aromatic carbocycles. The second-order valence-corrected chi connectivity index (χ2v) is 7.91. The molecule has 0 saturated carbocycles. The third-order valence-electron chi connectivity index (χ3n) is 5.32. The van der Waals surface area contributed by atoms with Crippen LogP contribution in [-0.2, 0) is 11.2 Å². The summed E-state index contributed by atoms with van der Waals surface area (Å²) in [5, 5.41) is 3.85. The van der Waals surface area contributed by atoms with Crippen molar-refractivity contribution in [3.05, 3.63) is 77.3 Å². The third kappa shape index (κ3) is 5.33. The van der Waals surface area contributed by atoms with Crippen LogP contribution in [0, 0.1) is 0 Å². The number of carbonyl (C=O) groups is 1. The summed E-state index contributed by atoms with van der Waals surface area (Å²) in [6, 6.07) is 13.5. The molecule has 1 saturated heterocycles. The number of carbonyl (C=O) groups excluding carboxylic acids is 1. The van der Waals surface area contributed by atoms with Crippen molar-refractivity contribution in [1.29, 1.82) is 0 Å². The van der Waals surface area contributed by atoms with Crippen LogP contribution in [0.5, 0.6) is 0 Å². The number of nitrogens with one attached hydrogen (secondary N) is 1. The normalized spacial score (nSPS) is 16.3. The van der Waals surface area contributed by atoms with Gasteiger partial charge in [-0.2, -0.15) is 0 Å². The van der Waals surface area contributed by atoms with Gasteiger partial charge in [0.1, 0.15) is 0 Å². The zero-order valence-corrected chi connectivity index (χ0v) is 17.4. The maximum absolute atomic E-state index is 12.7. The fraction of sp³-hybridized carbons (Fsp3) is 0.304. The minimum atomic E-state index is 0.194. The van der Waals surface area contributed by atoms with Crippen LogP contribution in [0.25, 0.3) is 0 Å². The summed E-state index contributed by atoms with van der Waals surface area (Å²) in [6.45, 7) is 1.53. The van der Waals surface area contributed by atoms with Crippen LogP contribution < -0.4 is 5.32 Å². The van der Waals surface area contributed by atoms with Gasteiger partial charge in [0.05, 0.1) is 11.9 Å². The highest BCUT2D eigenvalue weighted by Gasteiger charge is 2.25. The lowest BCUT2D eigenvalue weighted by Gasteiger charge is -2.32. The van der Waals surface area contributed by atoms with Gasteiger partial charge in [-0.1, -0.05) is 23.7 Å². The molecule has 0 radical (unpaired) electrons. The predicted molar refractivity (Wildman–Crippen MR) is 118 cm³/mol. The highest BCUT2D eigenvalue weighted by atomic mass is 35.5. The first-order valence-electron chi connectivity index (χ1n) is 10.2. The Hall–Kier alpha value is -2.99. The van der Waals surface area contributed by atoms with E-state index in [9.17, 15) is 4.79 Å². The van der Waals surface area contributed by atoms with Gasteiger partial charge in [0.2, 0.25) is 11.9 Å². The number of nitrogens with zero attached hydrogens (tertiary/aromatic N) is 4. The van der Waals surface area contributed by atoms with E-state index in [-0.39, 0.29) is 11.8 Å². The molecule has 30 heavy (non-hydrogen) atoms. The number of rotatable bonds is 6. The van der Waals surface area contributed by atoms with E-state index in [4.69, 9.17) is 11.6 Å². The first-order chi connectivity index (χ1) is 14.7. The standard InChI is InChI=1S/C23H24ClN5O/c24-19-6-1-4-17(14-19)7-10-22(30)29-13-2-5-18(16-29)21-9-8-20(15-27-21)28-23-25-11-3-12-26-23/h1,3-4,6,8-9,11-12,14-15,18H,2,5,7,10,13,16H2,(H,25,26,28). The average molecular weight is 422 g/mol. The molecule has 3 heterocycles. The summed E-state index contributed by atoms with van der Waals surface area (Å²) >= 11 is 6.04. The molecule has 2 aromatic heterocycles. The molecule has 1 fully saturated rings. The molecule has 7 heteroatoms. The number of aryl methyl sites for hydroxylation is 1. The number of anilines is 2. The van der Waals surface area contributed by atoms with Gasteiger partial charge in [0, 0.05) is 48.5 Å². The number of hydrogen-bond donors (Lipinski definition) is 1. The van der Waals surface area contributed by atoms with Gasteiger partial charge in [0.15, 0.2) is 0 Å². The smallest absolute Gasteiger partial charge is 0.227 e. The highest BCUT2D eigenvalue weighted by Crippen LogP contribution is 2.27. The van der Waals surface area contributed by atoms with E-state index >= 15 is 0 Å². The zero-order chi connectivity index (χ0) is 20.8. The van der Waals surface area contributed by atoms with Gasteiger partial charge in [-0.05, 0) is 55.2 Å². The first-order valence-corrected chi connectivity index (χ1v) is 10.6. The monoisotopic (exact) mass is 421 g/mol. The Kier molecular flexibility index (Phi) is 6.54. The maximum Gasteiger partial charge on any atom is 0.227 e. The van der Waals surface area contributed by atoms with Gasteiger partial charge in [0.25, 0.3) is 0 Å². The number of likely N-dealkylation sites (tertiary alicyclic amines) is 1. The van der Waals surface area contributed by atoms with Crippen LogP contribution in [0.3, 0.4) is 0 Å². The van der Waals surface area contributed by atoms with Gasteiger partial charge >= 0.3 is 0 Å². The SMILES string of the molecule is O=C(CCc1cccc(Cl)c1)N1CCCC(c2ccc(Nc3ncccn3)cn2)C1. The van der Waals surface area contributed by atoms with Crippen molar-refractivity contribution < 1.29 is 4.79 Å². The van der Waals surface area contributed by atoms with Gasteiger partial charge in [-0.25, -0.2) is 9.97 Å². The lowest BCUT2D eigenvalue weighted by atomic mass is 9.94. The van der Waals surface area contributed by atoms with Crippen LogP contribution >= 0.6 is 11.6 Å². The highest BCUT2D eigenvalue weighted by molar-refractivity contribution is 6.30. The molecule has 1 unspecified atom stereocenters. The quantitative estimate of drug-likeness (QED) is 0.629. The first kappa shape index (κ1) is 20.3. The third-order valence-corrected chi connectivity index (χ3v) is 5.55. The van der Waals surface area contributed by atoms with Crippen LogP contribution in [0.1, 0.15) is 36.4 Å². The number of hydrogen-bond acceptors (Lipinski definition) is 5. The molecular weight excluding hydrogens is 398 g/mol. The Labute approximate surface area is 181 Å². The summed E-state index contributed by atoms with van der Waals surface area (Å²) in [5.41, 5.74) is 2.95. The van der Waals surface area contributed by atoms with E-state index in [0.29, 0.717) is 23.8 Å². The fourth-order valence-electron chi connectivity index (χ4n) is 3.76. The average Bonchev–Trinajstić information content (AvgIpc) is 2.79. The Bertz CT molecular complexity index is 980. The molecule has 1 aliphatic rings. The molecule has 154 valence electrons. The van der Waals surface area contributed by atoms with Crippen molar-refractivity contribution in [2.75, 3.05) is 18.4 Å². The molecule has 1 atom stereocenters. The summed E-state index contributed by atoms with van der Waals surface area (Å²) in [4.78, 5) is 27.7. The summed E-state index contributed by atoms with van der Waals surface area (Å²) in [6.07, 6.45) is 8.42. The molecule has 6 nitrogen and oxygen atoms in total. The van der Waals surface area contributed by atoms with E-state index in [0.717, 1.165) is 42.9 Å². The largest absolute Gasteiger partial charge is 0.342 e. The Morgan fingerprint density at radius 1 is 1.13 bits per heavy atom. The number of pyridine rings is 1. The Morgan fingerprint density at radius 2 is 2.00 bits per heavy atom. The summed E-state index contributed by atoms with van der Waals surface area (Å²) < 4.78 is 0. The molecule has 0 spiro atoms. The number of aromatic nitrogens is 3. The molecule has 0 aliphatic carbocycles. The second-order valence-electron chi connectivity index (χ2n) is 7.48. The fourth-order valence-corrected chi connectivity index (χ4v) is 3.97. The van der Waals surface area contributed by atoms with Crippen molar-refractivity contribution in [2.45, 2.75) is 31.6 Å². The lowest BCUT2D eigenvalue weighted by Crippen LogP contribution is -2.39. The van der Waals surface area contributed by atoms with Crippen molar-refractivity contribution in [1.82, 2.24) is 19.9 Å². The number of benzene rings is 1. The second kappa shape index (κ2) is 9.67. The zero-order valence-electron chi connectivity index (χ0n) is 16.7.